The molecule has 0 saturated heterocycles. The first-order chi connectivity index (χ1) is 15.2. The Labute approximate surface area is 181 Å². The Kier molecular flexibility index (Phi) is 6.22. The number of ketones is 1. The third-order valence-corrected chi connectivity index (χ3v) is 5.78. The molecule has 0 bridgehead atoms. The van der Waals surface area contributed by atoms with Crippen molar-refractivity contribution in [1.82, 2.24) is 0 Å². The highest BCUT2D eigenvalue weighted by atomic mass is 16.6. The second-order valence-electron chi connectivity index (χ2n) is 7.64. The van der Waals surface area contributed by atoms with Gasteiger partial charge in [0, 0.05) is 23.5 Å². The maximum absolute atomic E-state index is 13.0. The number of fused-ring (bicyclic) bond motifs is 1. The van der Waals surface area contributed by atoms with Crippen molar-refractivity contribution in [3.05, 3.63) is 107 Å². The minimum atomic E-state index is -0.194. The van der Waals surface area contributed by atoms with Crippen LogP contribution in [0.25, 0.3) is 0 Å². The molecule has 0 amide bonds. The molecule has 5 nitrogen and oxygen atoms in total. The van der Waals surface area contributed by atoms with Gasteiger partial charge < -0.3 is 10.0 Å². The first kappa shape index (κ1) is 20.5. The summed E-state index contributed by atoms with van der Waals surface area (Å²) in [5, 5.41) is 17.1. The summed E-state index contributed by atoms with van der Waals surface area (Å²) in [5.41, 5.74) is 4.63. The molecule has 1 aliphatic carbocycles. The fourth-order valence-electron chi connectivity index (χ4n) is 4.05. The van der Waals surface area contributed by atoms with E-state index in [1.165, 1.54) is 0 Å². The Bertz CT molecular complexity index is 1110. The third-order valence-electron chi connectivity index (χ3n) is 5.78. The van der Waals surface area contributed by atoms with Crippen molar-refractivity contribution in [3.8, 4) is 0 Å². The second-order valence-corrected chi connectivity index (χ2v) is 7.64. The number of hydrogen-bond donors (Lipinski definition) is 1. The van der Waals surface area contributed by atoms with Gasteiger partial charge in [-0.15, -0.1) is 0 Å². The third kappa shape index (κ3) is 4.40. The molecule has 31 heavy (non-hydrogen) atoms. The van der Waals surface area contributed by atoms with E-state index in [-0.39, 0.29) is 24.2 Å². The average molecular weight is 412 g/mol. The molecule has 0 aromatic heterocycles. The number of Topliss-reactive ketones (excluding diaryl/α,β-unsaturated/α-hetero) is 1. The predicted molar refractivity (Wildman–Crippen MR) is 121 cm³/mol. The fraction of sp³-hybridized carbons (Fsp3) is 0.192. The van der Waals surface area contributed by atoms with E-state index >= 15 is 0 Å². The maximum atomic E-state index is 13.0. The molecule has 5 heteroatoms. The zero-order valence-electron chi connectivity index (χ0n) is 17.3. The largest absolute Gasteiger partial charge is 0.411 e. The molecule has 0 aliphatic heterocycles. The van der Waals surface area contributed by atoms with Crippen LogP contribution >= 0.6 is 0 Å². The molecule has 0 radical (unpaired) electrons. The number of oxime groups is 2. The SMILES string of the molecule is C[C@@H]1c2ccccc2C(=O)[C@H]1C/C(=N/OC/C(=N/O)c1ccccc1)c1ccccc1. The van der Waals surface area contributed by atoms with Crippen LogP contribution in [0, 0.1) is 5.92 Å². The Morgan fingerprint density at radius 3 is 2.06 bits per heavy atom. The minimum Gasteiger partial charge on any atom is -0.411 e. The van der Waals surface area contributed by atoms with Crippen LogP contribution in [-0.2, 0) is 4.84 Å². The molecule has 4 rings (SSSR count). The van der Waals surface area contributed by atoms with Crippen LogP contribution in [0.1, 0.15) is 46.3 Å². The lowest BCUT2D eigenvalue weighted by molar-refractivity contribution is 0.0929. The van der Waals surface area contributed by atoms with E-state index in [1.807, 2.05) is 84.9 Å². The van der Waals surface area contributed by atoms with E-state index in [1.54, 1.807) is 0 Å². The summed E-state index contributed by atoms with van der Waals surface area (Å²) < 4.78 is 0. The molecule has 0 spiro atoms. The molecule has 2 atom stereocenters. The molecule has 1 aliphatic rings. The Morgan fingerprint density at radius 1 is 0.871 bits per heavy atom. The number of carbonyl (C=O) groups is 1. The molecule has 156 valence electrons. The van der Waals surface area contributed by atoms with Gasteiger partial charge in [0.25, 0.3) is 0 Å². The van der Waals surface area contributed by atoms with Crippen molar-refractivity contribution in [2.45, 2.75) is 19.3 Å². The van der Waals surface area contributed by atoms with Crippen molar-refractivity contribution in [2.75, 3.05) is 6.61 Å². The van der Waals surface area contributed by atoms with Crippen molar-refractivity contribution < 1.29 is 14.8 Å². The van der Waals surface area contributed by atoms with Crippen molar-refractivity contribution in [3.63, 3.8) is 0 Å². The molecular weight excluding hydrogens is 388 g/mol. The number of benzene rings is 3. The number of carbonyl (C=O) groups excluding carboxylic acids is 1. The summed E-state index contributed by atoms with van der Waals surface area (Å²) in [6.45, 7) is 2.11. The van der Waals surface area contributed by atoms with Gasteiger partial charge in [-0.1, -0.05) is 102 Å². The van der Waals surface area contributed by atoms with Crippen molar-refractivity contribution >= 4 is 17.2 Å². The van der Waals surface area contributed by atoms with E-state index in [4.69, 9.17) is 4.84 Å². The topological polar surface area (TPSA) is 71.2 Å². The van der Waals surface area contributed by atoms with Crippen LogP contribution in [0.5, 0.6) is 0 Å². The molecule has 0 unspecified atom stereocenters. The summed E-state index contributed by atoms with van der Waals surface area (Å²) in [5.74, 6) is 0.0604. The van der Waals surface area contributed by atoms with Gasteiger partial charge in [-0.3, -0.25) is 4.79 Å². The van der Waals surface area contributed by atoms with Gasteiger partial charge >= 0.3 is 0 Å². The van der Waals surface area contributed by atoms with Crippen LogP contribution in [0.4, 0.5) is 0 Å². The fourth-order valence-corrected chi connectivity index (χ4v) is 4.05. The molecule has 0 saturated carbocycles. The van der Waals surface area contributed by atoms with Crippen LogP contribution < -0.4 is 0 Å². The molecule has 3 aromatic carbocycles. The van der Waals surface area contributed by atoms with Gasteiger partial charge in [0.2, 0.25) is 0 Å². The van der Waals surface area contributed by atoms with E-state index in [0.29, 0.717) is 17.8 Å². The monoisotopic (exact) mass is 412 g/mol. The highest BCUT2D eigenvalue weighted by molar-refractivity contribution is 6.08. The summed E-state index contributed by atoms with van der Waals surface area (Å²) in [6.07, 6.45) is 0.468. The van der Waals surface area contributed by atoms with Crippen molar-refractivity contribution in [2.24, 2.45) is 16.2 Å². The van der Waals surface area contributed by atoms with E-state index in [0.717, 1.165) is 22.3 Å². The van der Waals surface area contributed by atoms with Crippen molar-refractivity contribution in [1.29, 1.82) is 0 Å². The van der Waals surface area contributed by atoms with E-state index < -0.39 is 0 Å². The zero-order chi connectivity index (χ0) is 21.6. The van der Waals surface area contributed by atoms with Crippen LogP contribution in [-0.4, -0.2) is 29.0 Å². The molecular formula is C26H24N2O3. The molecule has 3 aromatic rings. The smallest absolute Gasteiger partial charge is 0.167 e. The quantitative estimate of drug-likeness (QED) is 0.325. The Hall–Kier alpha value is -3.73. The molecule has 0 fully saturated rings. The van der Waals surface area contributed by atoms with Crippen LogP contribution in [0.3, 0.4) is 0 Å². The van der Waals surface area contributed by atoms with E-state index in [2.05, 4.69) is 17.2 Å². The summed E-state index contributed by atoms with van der Waals surface area (Å²) >= 11 is 0. The highest BCUT2D eigenvalue weighted by Gasteiger charge is 2.37. The van der Waals surface area contributed by atoms with E-state index in [9.17, 15) is 10.0 Å². The van der Waals surface area contributed by atoms with Gasteiger partial charge in [0.1, 0.15) is 5.71 Å². The average Bonchev–Trinajstić information content (AvgIpc) is 3.07. The highest BCUT2D eigenvalue weighted by Crippen LogP contribution is 2.39. The summed E-state index contributed by atoms with van der Waals surface area (Å²) in [6, 6.07) is 26.8. The number of rotatable bonds is 7. The number of hydrogen-bond acceptors (Lipinski definition) is 5. The normalized spacial score (nSPS) is 18.7. The molecule has 1 N–H and O–H groups in total. The minimum absolute atomic E-state index is 0.0191. The first-order valence-corrected chi connectivity index (χ1v) is 10.3. The Morgan fingerprint density at radius 2 is 1.45 bits per heavy atom. The first-order valence-electron chi connectivity index (χ1n) is 10.3. The predicted octanol–water partition coefficient (Wildman–Crippen LogP) is 5.29. The number of nitrogens with zero attached hydrogens (tertiary/aromatic N) is 2. The summed E-state index contributed by atoms with van der Waals surface area (Å²) in [4.78, 5) is 18.6. The van der Waals surface area contributed by atoms with Gasteiger partial charge in [0.15, 0.2) is 12.4 Å². The molecule has 0 heterocycles. The van der Waals surface area contributed by atoms with Gasteiger partial charge in [-0.2, -0.15) is 0 Å². The van der Waals surface area contributed by atoms with Crippen LogP contribution in [0.15, 0.2) is 95.2 Å². The lowest BCUT2D eigenvalue weighted by Gasteiger charge is -2.16. The van der Waals surface area contributed by atoms with Gasteiger partial charge in [-0.25, -0.2) is 0 Å². The van der Waals surface area contributed by atoms with Gasteiger partial charge in [0.05, 0.1) is 5.71 Å². The zero-order valence-corrected chi connectivity index (χ0v) is 17.3. The lowest BCUT2D eigenvalue weighted by Crippen LogP contribution is -2.18. The maximum Gasteiger partial charge on any atom is 0.167 e. The lowest BCUT2D eigenvalue weighted by atomic mass is 9.87. The Balaban J connectivity index is 1.55. The standard InChI is InChI=1S/C26H24N2O3/c1-18-21-14-8-9-15-22(21)26(29)23(18)16-24(19-10-4-2-5-11-19)28-31-17-25(27-30)20-12-6-3-7-13-20/h2-15,18,23,30H,16-17H2,1H3/b27-25-,28-24-/t18-,23+/m1/s1. The van der Waals surface area contributed by atoms with Gasteiger partial charge in [-0.05, 0) is 17.0 Å². The summed E-state index contributed by atoms with van der Waals surface area (Å²) in [7, 11) is 0. The second kappa shape index (κ2) is 9.39. The van der Waals surface area contributed by atoms with Crippen LogP contribution in [0.2, 0.25) is 0 Å².